The van der Waals surface area contributed by atoms with E-state index in [1.807, 2.05) is 13.0 Å². The van der Waals surface area contributed by atoms with Gasteiger partial charge in [0.15, 0.2) is 12.1 Å². The van der Waals surface area contributed by atoms with Crippen LogP contribution in [-0.4, -0.2) is 35.0 Å². The molecule has 102 valence electrons. The first kappa shape index (κ1) is 13.7. The van der Waals surface area contributed by atoms with Crippen molar-refractivity contribution in [3.8, 4) is 0 Å². The van der Waals surface area contributed by atoms with Crippen molar-refractivity contribution in [2.24, 2.45) is 5.92 Å². The summed E-state index contributed by atoms with van der Waals surface area (Å²) in [4.78, 5) is 0. The Labute approximate surface area is 108 Å². The molecule has 2 saturated heterocycles. The lowest BCUT2D eigenvalue weighted by Crippen LogP contribution is -2.49. The minimum absolute atomic E-state index is 0.117. The lowest BCUT2D eigenvalue weighted by Gasteiger charge is -2.33. The Morgan fingerprint density at radius 1 is 1.33 bits per heavy atom. The molecule has 0 amide bonds. The van der Waals surface area contributed by atoms with Crippen LogP contribution in [0.15, 0.2) is 25.3 Å². The van der Waals surface area contributed by atoms with E-state index in [0.29, 0.717) is 0 Å². The van der Waals surface area contributed by atoms with Crippen LogP contribution in [0.2, 0.25) is 0 Å². The number of ether oxygens (including phenoxy) is 3. The zero-order valence-electron chi connectivity index (χ0n) is 11.3. The second-order valence-electron chi connectivity index (χ2n) is 5.57. The number of hydrogen-bond donors (Lipinski definition) is 1. The largest absolute Gasteiger partial charge is 0.380 e. The fourth-order valence-electron chi connectivity index (χ4n) is 2.77. The van der Waals surface area contributed by atoms with Gasteiger partial charge in [0.2, 0.25) is 0 Å². The molecule has 1 N–H and O–H groups in total. The Balaban J connectivity index is 2.23. The molecule has 2 aliphatic rings. The van der Waals surface area contributed by atoms with E-state index in [2.05, 4.69) is 13.2 Å². The maximum absolute atomic E-state index is 10.8. The molecule has 0 aromatic carbocycles. The van der Waals surface area contributed by atoms with Crippen LogP contribution in [0.4, 0.5) is 0 Å². The first-order valence-corrected chi connectivity index (χ1v) is 6.32. The van der Waals surface area contributed by atoms with Crippen LogP contribution in [0.1, 0.15) is 27.2 Å². The van der Waals surface area contributed by atoms with Gasteiger partial charge in [0.1, 0.15) is 11.7 Å². The number of rotatable bonds is 4. The highest BCUT2D eigenvalue weighted by Gasteiger charge is 2.62. The Bertz CT molecular complexity index is 352. The molecule has 0 spiro atoms. The average Bonchev–Trinajstić information content (AvgIpc) is 2.72. The summed E-state index contributed by atoms with van der Waals surface area (Å²) in [5.41, 5.74) is -1.22. The number of hydrogen-bond acceptors (Lipinski definition) is 4. The molecule has 2 heterocycles. The van der Waals surface area contributed by atoms with Gasteiger partial charge in [-0.3, -0.25) is 0 Å². The van der Waals surface area contributed by atoms with E-state index >= 15 is 0 Å². The quantitative estimate of drug-likeness (QED) is 0.779. The van der Waals surface area contributed by atoms with Crippen molar-refractivity contribution in [1.82, 2.24) is 0 Å². The molecule has 2 rings (SSSR count). The van der Waals surface area contributed by atoms with E-state index in [4.69, 9.17) is 14.2 Å². The molecular formula is C14H22O4. The van der Waals surface area contributed by atoms with E-state index in [1.165, 1.54) is 6.08 Å². The third kappa shape index (κ3) is 2.03. The first-order chi connectivity index (χ1) is 8.34. The molecule has 0 aromatic heterocycles. The molecule has 4 heteroatoms. The Morgan fingerprint density at radius 3 is 2.56 bits per heavy atom. The summed E-state index contributed by atoms with van der Waals surface area (Å²) < 4.78 is 17.2. The summed E-state index contributed by atoms with van der Waals surface area (Å²) in [7, 11) is 0. The van der Waals surface area contributed by atoms with E-state index in [9.17, 15) is 5.11 Å². The summed E-state index contributed by atoms with van der Waals surface area (Å²) in [6, 6.07) is 0. The van der Waals surface area contributed by atoms with Gasteiger partial charge in [-0.2, -0.15) is 0 Å². The first-order valence-electron chi connectivity index (χ1n) is 6.32. The highest BCUT2D eigenvalue weighted by Crippen LogP contribution is 2.46. The zero-order valence-corrected chi connectivity index (χ0v) is 11.3. The fraction of sp³-hybridized carbons (Fsp3) is 0.714. The lowest BCUT2D eigenvalue weighted by molar-refractivity contribution is -0.229. The van der Waals surface area contributed by atoms with Crippen molar-refractivity contribution in [3.63, 3.8) is 0 Å². The van der Waals surface area contributed by atoms with Gasteiger partial charge < -0.3 is 19.3 Å². The maximum atomic E-state index is 10.8. The van der Waals surface area contributed by atoms with Crippen LogP contribution >= 0.6 is 0 Å². The fourth-order valence-corrected chi connectivity index (χ4v) is 2.77. The van der Waals surface area contributed by atoms with Gasteiger partial charge >= 0.3 is 0 Å². The van der Waals surface area contributed by atoms with E-state index < -0.39 is 23.8 Å². The Morgan fingerprint density at radius 2 is 2.00 bits per heavy atom. The molecule has 0 radical (unpaired) electrons. The van der Waals surface area contributed by atoms with Crippen LogP contribution in [0, 0.1) is 5.92 Å². The van der Waals surface area contributed by atoms with Gasteiger partial charge in [-0.25, -0.2) is 0 Å². The summed E-state index contributed by atoms with van der Waals surface area (Å²) in [6.07, 6.45) is 2.62. The maximum Gasteiger partial charge on any atom is 0.190 e. The normalized spacial score (nSPS) is 43.4. The molecule has 0 bridgehead atoms. The van der Waals surface area contributed by atoms with Crippen LogP contribution in [-0.2, 0) is 14.2 Å². The minimum atomic E-state index is -1.22. The number of aliphatic hydroxyl groups is 1. The Hall–Kier alpha value is -0.680. The van der Waals surface area contributed by atoms with Gasteiger partial charge in [-0.05, 0) is 26.2 Å². The van der Waals surface area contributed by atoms with Crippen LogP contribution < -0.4 is 0 Å². The molecule has 2 fully saturated rings. The second kappa shape index (κ2) is 4.46. The van der Waals surface area contributed by atoms with Gasteiger partial charge in [0, 0.05) is 0 Å². The number of fused-ring (bicyclic) bond motifs is 1. The van der Waals surface area contributed by atoms with Crippen molar-refractivity contribution in [1.29, 1.82) is 0 Å². The summed E-state index contributed by atoms with van der Waals surface area (Å²) >= 11 is 0. The van der Waals surface area contributed by atoms with Crippen LogP contribution in [0.25, 0.3) is 0 Å². The van der Waals surface area contributed by atoms with E-state index in [-0.39, 0.29) is 12.0 Å². The van der Waals surface area contributed by atoms with Crippen molar-refractivity contribution in [3.05, 3.63) is 25.3 Å². The van der Waals surface area contributed by atoms with Crippen molar-refractivity contribution >= 4 is 0 Å². The Kier molecular flexibility index (Phi) is 3.40. The molecule has 0 saturated carbocycles. The van der Waals surface area contributed by atoms with Crippen molar-refractivity contribution in [2.45, 2.75) is 57.1 Å². The molecule has 4 nitrogen and oxygen atoms in total. The summed E-state index contributed by atoms with van der Waals surface area (Å²) in [6.45, 7) is 13.1. The molecule has 0 aliphatic carbocycles. The van der Waals surface area contributed by atoms with Crippen LogP contribution in [0.5, 0.6) is 0 Å². The minimum Gasteiger partial charge on any atom is -0.380 e. The van der Waals surface area contributed by atoms with Gasteiger partial charge in [-0.15, -0.1) is 13.2 Å². The van der Waals surface area contributed by atoms with E-state index in [0.717, 1.165) is 6.42 Å². The predicted molar refractivity (Wildman–Crippen MR) is 67.8 cm³/mol. The third-order valence-electron chi connectivity index (χ3n) is 3.63. The average molecular weight is 254 g/mol. The SMILES string of the molecule is C=CC[C@@H](C)[C@@H]1O[C@@H]2OC(C)(C)O[C@@H]2[C@@]1(O)C=C. The summed E-state index contributed by atoms with van der Waals surface area (Å²) in [5.74, 6) is -0.620. The van der Waals surface area contributed by atoms with Crippen molar-refractivity contribution < 1.29 is 19.3 Å². The third-order valence-corrected chi connectivity index (χ3v) is 3.63. The molecule has 18 heavy (non-hydrogen) atoms. The monoisotopic (exact) mass is 254 g/mol. The number of allylic oxidation sites excluding steroid dienone is 1. The zero-order chi connectivity index (χ0) is 13.6. The molecule has 2 aliphatic heterocycles. The van der Waals surface area contributed by atoms with E-state index in [1.54, 1.807) is 13.8 Å². The summed E-state index contributed by atoms with van der Waals surface area (Å²) in [5, 5.41) is 10.8. The topological polar surface area (TPSA) is 47.9 Å². The van der Waals surface area contributed by atoms with Crippen molar-refractivity contribution in [2.75, 3.05) is 0 Å². The molecule has 5 atom stereocenters. The highest BCUT2D eigenvalue weighted by atomic mass is 16.8. The van der Waals surface area contributed by atoms with Gasteiger partial charge in [0.05, 0.1) is 6.10 Å². The standard InChI is InChI=1S/C14H22O4/c1-6-8-9(3)10-14(15,7-2)11-12(16-10)18-13(4,5)17-11/h6-7,9-12,15H,1-2,8H2,3-5H3/t9-,10+,11+,12-,14-/m1/s1. The smallest absolute Gasteiger partial charge is 0.190 e. The van der Waals surface area contributed by atoms with Gasteiger partial charge in [0.25, 0.3) is 0 Å². The second-order valence-corrected chi connectivity index (χ2v) is 5.57. The van der Waals surface area contributed by atoms with Crippen LogP contribution in [0.3, 0.4) is 0 Å². The lowest BCUT2D eigenvalue weighted by atomic mass is 9.84. The molecular weight excluding hydrogens is 232 g/mol. The molecule has 0 unspecified atom stereocenters. The molecule has 0 aromatic rings. The van der Waals surface area contributed by atoms with Gasteiger partial charge in [-0.1, -0.05) is 19.1 Å². The predicted octanol–water partition coefficient (Wildman–Crippen LogP) is 1.99. The highest BCUT2D eigenvalue weighted by molar-refractivity contribution is 5.15.